The van der Waals surface area contributed by atoms with Crippen LogP contribution < -0.4 is 35.3 Å². The molecule has 0 bridgehead atoms. The van der Waals surface area contributed by atoms with Crippen molar-refractivity contribution in [3.8, 4) is 23.0 Å². The maximum Gasteiger partial charge on any atom is 0.251 e. The van der Waals surface area contributed by atoms with E-state index in [2.05, 4.69) is 10.6 Å². The molecule has 0 saturated heterocycles. The number of carbonyl (C=O) groups is 3. The Morgan fingerprint density at radius 2 is 1.52 bits per heavy atom. The minimum atomic E-state index is -0.585. The highest BCUT2D eigenvalue weighted by Crippen LogP contribution is 2.37. The highest BCUT2D eigenvalue weighted by molar-refractivity contribution is 6.04. The van der Waals surface area contributed by atoms with Gasteiger partial charge in [0, 0.05) is 23.7 Å². The summed E-state index contributed by atoms with van der Waals surface area (Å²) >= 11 is 0. The Hall–Kier alpha value is -4.99. The van der Waals surface area contributed by atoms with Crippen LogP contribution in [0.3, 0.4) is 0 Å². The van der Waals surface area contributed by atoms with Gasteiger partial charge in [-0.2, -0.15) is 0 Å². The van der Waals surface area contributed by atoms with E-state index in [0.29, 0.717) is 42.0 Å². The van der Waals surface area contributed by atoms with Gasteiger partial charge >= 0.3 is 0 Å². The summed E-state index contributed by atoms with van der Waals surface area (Å²) in [4.78, 5) is 37.5. The van der Waals surface area contributed by atoms with E-state index >= 15 is 0 Å². The zero-order valence-corrected chi connectivity index (χ0v) is 22.9. The van der Waals surface area contributed by atoms with Gasteiger partial charge in [-0.3, -0.25) is 14.4 Å². The lowest BCUT2D eigenvalue weighted by molar-refractivity contribution is -0.111. The monoisotopic (exact) mass is 547 g/mol. The number of amides is 3. The summed E-state index contributed by atoms with van der Waals surface area (Å²) in [7, 11) is 5.87. The van der Waals surface area contributed by atoms with E-state index in [1.165, 1.54) is 46.6 Å². The number of aryl methyl sites for hydroxylation is 1. The number of methoxy groups -OCH3 is 4. The molecule has 210 valence electrons. The molecule has 4 N–H and O–H groups in total. The maximum atomic E-state index is 13.0. The number of hydrogen-bond donors (Lipinski definition) is 3. The lowest BCUT2D eigenvalue weighted by atomic mass is 10.0. The van der Waals surface area contributed by atoms with Crippen LogP contribution in [0.25, 0.3) is 6.08 Å². The fourth-order valence-corrected chi connectivity index (χ4v) is 4.04. The van der Waals surface area contributed by atoms with Crippen LogP contribution in [0.1, 0.15) is 38.3 Å². The molecule has 0 aliphatic heterocycles. The van der Waals surface area contributed by atoms with E-state index in [1.54, 1.807) is 18.2 Å². The molecular formula is C30H33N3O7. The van der Waals surface area contributed by atoms with Gasteiger partial charge in [0.15, 0.2) is 23.0 Å². The summed E-state index contributed by atoms with van der Waals surface area (Å²) in [6, 6.07) is 15.7. The molecule has 10 nitrogen and oxygen atoms in total. The smallest absolute Gasteiger partial charge is 0.251 e. The predicted octanol–water partition coefficient (Wildman–Crippen LogP) is 3.83. The number of benzene rings is 3. The number of anilines is 1. The molecular weight excluding hydrogens is 514 g/mol. The predicted molar refractivity (Wildman–Crippen MR) is 152 cm³/mol. The van der Waals surface area contributed by atoms with Gasteiger partial charge in [0.05, 0.1) is 34.1 Å². The number of nitrogens with two attached hydrogens (primary N) is 1. The maximum absolute atomic E-state index is 13.0. The van der Waals surface area contributed by atoms with Gasteiger partial charge in [0.1, 0.15) is 0 Å². The Labute approximate surface area is 233 Å². The second-order valence-electron chi connectivity index (χ2n) is 8.58. The summed E-state index contributed by atoms with van der Waals surface area (Å²) < 4.78 is 21.4. The number of rotatable bonds is 13. The fraction of sp³-hybridized carbons (Fsp3) is 0.233. The fourth-order valence-electron chi connectivity index (χ4n) is 4.04. The van der Waals surface area contributed by atoms with Crippen molar-refractivity contribution < 1.29 is 33.3 Å². The first-order valence-corrected chi connectivity index (χ1v) is 12.4. The number of nitrogens with one attached hydrogen (secondary N) is 2. The lowest BCUT2D eigenvalue weighted by Crippen LogP contribution is -2.25. The van der Waals surface area contributed by atoms with Gasteiger partial charge in [-0.05, 0) is 54.3 Å². The molecule has 3 aromatic carbocycles. The number of ether oxygens (including phenoxy) is 4. The van der Waals surface area contributed by atoms with E-state index in [-0.39, 0.29) is 28.7 Å². The molecule has 0 atom stereocenters. The van der Waals surface area contributed by atoms with E-state index < -0.39 is 11.8 Å². The molecule has 0 unspecified atom stereocenters. The van der Waals surface area contributed by atoms with Crippen molar-refractivity contribution in [1.82, 2.24) is 5.32 Å². The standard InChI is InChI=1S/C30H33N3O7/c1-37-24-16-20(22(29(31)35)18-25(24)38-2)11-8-14-32-30(36)21-15-23(28(40-4)26(17-21)39-3)33-27(34)13-12-19-9-6-5-7-10-19/h5-7,9-10,12-13,15-18H,8,11,14H2,1-4H3,(H2,31,35)(H,32,36)(H,33,34). The summed E-state index contributed by atoms with van der Waals surface area (Å²) in [6.45, 7) is 0.307. The zero-order chi connectivity index (χ0) is 29.1. The van der Waals surface area contributed by atoms with Crippen LogP contribution in [0.2, 0.25) is 0 Å². The molecule has 0 aromatic heterocycles. The van der Waals surface area contributed by atoms with E-state index in [4.69, 9.17) is 24.7 Å². The van der Waals surface area contributed by atoms with E-state index in [9.17, 15) is 14.4 Å². The summed E-state index contributed by atoms with van der Waals surface area (Å²) in [6.07, 6.45) is 4.04. The molecule has 40 heavy (non-hydrogen) atoms. The Balaban J connectivity index is 1.70. The molecule has 0 heterocycles. The van der Waals surface area contributed by atoms with Crippen LogP contribution >= 0.6 is 0 Å². The summed E-state index contributed by atoms with van der Waals surface area (Å²) in [5.41, 5.74) is 7.97. The molecule has 0 radical (unpaired) electrons. The lowest BCUT2D eigenvalue weighted by Gasteiger charge is -2.16. The Morgan fingerprint density at radius 1 is 0.850 bits per heavy atom. The Morgan fingerprint density at radius 3 is 2.15 bits per heavy atom. The Bertz CT molecular complexity index is 1390. The minimum absolute atomic E-state index is 0.268. The van der Waals surface area contributed by atoms with Crippen molar-refractivity contribution in [2.24, 2.45) is 5.73 Å². The van der Waals surface area contributed by atoms with Gasteiger partial charge in [0.2, 0.25) is 11.8 Å². The normalized spacial score (nSPS) is 10.6. The number of hydrogen-bond acceptors (Lipinski definition) is 7. The molecule has 0 aliphatic rings. The van der Waals surface area contributed by atoms with Crippen LogP contribution in [-0.2, 0) is 11.2 Å². The van der Waals surface area contributed by atoms with Crippen LogP contribution in [0, 0.1) is 0 Å². The molecule has 3 amide bonds. The van der Waals surface area contributed by atoms with Crippen molar-refractivity contribution in [3.05, 3.63) is 82.9 Å². The van der Waals surface area contributed by atoms with Crippen LogP contribution in [0.5, 0.6) is 23.0 Å². The SMILES string of the molecule is COc1cc(CCCNC(=O)c2cc(NC(=O)C=Cc3ccccc3)c(OC)c(OC)c2)c(C(N)=O)cc1OC. The molecule has 0 saturated carbocycles. The molecule has 3 rings (SSSR count). The third kappa shape index (κ3) is 7.53. The Kier molecular flexibility index (Phi) is 10.5. The third-order valence-corrected chi connectivity index (χ3v) is 6.01. The third-order valence-electron chi connectivity index (χ3n) is 6.01. The second kappa shape index (κ2) is 14.2. The average molecular weight is 548 g/mol. The highest BCUT2D eigenvalue weighted by Gasteiger charge is 2.18. The van der Waals surface area contributed by atoms with Crippen molar-refractivity contribution in [2.45, 2.75) is 12.8 Å². The second-order valence-corrected chi connectivity index (χ2v) is 8.58. The molecule has 10 heteroatoms. The average Bonchev–Trinajstić information content (AvgIpc) is 2.97. The number of primary amides is 1. The van der Waals surface area contributed by atoms with Gasteiger partial charge in [-0.1, -0.05) is 30.3 Å². The van der Waals surface area contributed by atoms with Crippen LogP contribution in [0.4, 0.5) is 5.69 Å². The molecule has 0 aliphatic carbocycles. The van der Waals surface area contributed by atoms with Crippen molar-refractivity contribution in [3.63, 3.8) is 0 Å². The van der Waals surface area contributed by atoms with Gasteiger partial charge < -0.3 is 35.3 Å². The largest absolute Gasteiger partial charge is 0.493 e. The summed E-state index contributed by atoms with van der Waals surface area (Å²) in [5, 5.41) is 5.60. The van der Waals surface area contributed by atoms with Gasteiger partial charge in [0.25, 0.3) is 5.91 Å². The van der Waals surface area contributed by atoms with Crippen molar-refractivity contribution >= 4 is 29.5 Å². The first kappa shape index (κ1) is 29.6. The highest BCUT2D eigenvalue weighted by atomic mass is 16.5. The van der Waals surface area contributed by atoms with Crippen molar-refractivity contribution in [2.75, 3.05) is 40.3 Å². The molecule has 0 fully saturated rings. The van der Waals surface area contributed by atoms with Gasteiger partial charge in [-0.15, -0.1) is 0 Å². The minimum Gasteiger partial charge on any atom is -0.493 e. The molecule has 0 spiro atoms. The topological polar surface area (TPSA) is 138 Å². The van der Waals surface area contributed by atoms with E-state index in [0.717, 1.165) is 5.56 Å². The zero-order valence-electron chi connectivity index (χ0n) is 22.9. The van der Waals surface area contributed by atoms with Gasteiger partial charge in [-0.25, -0.2) is 0 Å². The van der Waals surface area contributed by atoms with Crippen LogP contribution in [-0.4, -0.2) is 52.7 Å². The first-order chi connectivity index (χ1) is 19.3. The van der Waals surface area contributed by atoms with E-state index in [1.807, 2.05) is 30.3 Å². The number of carbonyl (C=O) groups excluding carboxylic acids is 3. The summed E-state index contributed by atoms with van der Waals surface area (Å²) in [5.74, 6) is 0.0892. The van der Waals surface area contributed by atoms with Crippen LogP contribution in [0.15, 0.2) is 60.7 Å². The molecule has 3 aromatic rings. The quantitative estimate of drug-likeness (QED) is 0.218. The first-order valence-electron chi connectivity index (χ1n) is 12.4. The van der Waals surface area contributed by atoms with Crippen molar-refractivity contribution in [1.29, 1.82) is 0 Å².